The molecular weight excluding hydrogens is 320 g/mol. The Morgan fingerprint density at radius 2 is 2.17 bits per heavy atom. The lowest BCUT2D eigenvalue weighted by Crippen LogP contribution is -2.38. The Balaban J connectivity index is 2.13. The molecule has 0 spiro atoms. The van der Waals surface area contributed by atoms with Crippen LogP contribution in [0.5, 0.6) is 5.75 Å². The number of nitrogens with zero attached hydrogens (tertiary/aromatic N) is 2. The molecule has 2 N–H and O–H groups in total. The minimum atomic E-state index is 0.0793. The number of aromatic nitrogens is 1. The zero-order valence-corrected chi connectivity index (χ0v) is 15.8. The van der Waals surface area contributed by atoms with Crippen molar-refractivity contribution in [3.05, 3.63) is 45.4 Å². The van der Waals surface area contributed by atoms with Crippen molar-refractivity contribution in [2.75, 3.05) is 13.7 Å². The molecule has 130 valence electrons. The van der Waals surface area contributed by atoms with Crippen molar-refractivity contribution in [2.45, 2.75) is 40.3 Å². The number of hydrogen-bond donors (Lipinski definition) is 2. The number of aryl methyl sites for hydroxylation is 2. The van der Waals surface area contributed by atoms with Gasteiger partial charge in [0.05, 0.1) is 19.7 Å². The lowest BCUT2D eigenvalue weighted by atomic mass is 10.0. The smallest absolute Gasteiger partial charge is 0.192 e. The number of ether oxygens (including phenoxy) is 1. The molecule has 5 nitrogen and oxygen atoms in total. The standard InChI is InChI=1S/C18H26N4OS/c1-6-19-18(21-11-17-20-10-13(3)24-17)22-14(4)15-9-12(2)7-8-16(15)23-5/h7-10,14H,6,11H2,1-5H3,(H2,19,21,22). The van der Waals surface area contributed by atoms with Gasteiger partial charge in [-0.05, 0) is 33.8 Å². The van der Waals surface area contributed by atoms with Gasteiger partial charge in [-0.25, -0.2) is 9.98 Å². The molecule has 1 aromatic heterocycles. The molecule has 0 fully saturated rings. The van der Waals surface area contributed by atoms with Gasteiger partial charge >= 0.3 is 0 Å². The van der Waals surface area contributed by atoms with E-state index in [0.29, 0.717) is 6.54 Å². The molecule has 2 aromatic rings. The van der Waals surface area contributed by atoms with Gasteiger partial charge in [-0.15, -0.1) is 11.3 Å². The van der Waals surface area contributed by atoms with Gasteiger partial charge in [0.15, 0.2) is 5.96 Å². The fourth-order valence-electron chi connectivity index (χ4n) is 2.42. The molecule has 1 unspecified atom stereocenters. The third kappa shape index (κ3) is 4.96. The van der Waals surface area contributed by atoms with Crippen molar-refractivity contribution in [3.8, 4) is 5.75 Å². The van der Waals surface area contributed by atoms with Crippen molar-refractivity contribution in [2.24, 2.45) is 4.99 Å². The average Bonchev–Trinajstić information content (AvgIpc) is 2.98. The van der Waals surface area contributed by atoms with Crippen LogP contribution in [0.2, 0.25) is 0 Å². The first kappa shape index (κ1) is 18.3. The highest BCUT2D eigenvalue weighted by Crippen LogP contribution is 2.26. The van der Waals surface area contributed by atoms with E-state index in [4.69, 9.17) is 4.74 Å². The van der Waals surface area contributed by atoms with E-state index in [9.17, 15) is 0 Å². The molecule has 0 saturated heterocycles. The fourth-order valence-corrected chi connectivity index (χ4v) is 3.13. The molecule has 0 aliphatic rings. The summed E-state index contributed by atoms with van der Waals surface area (Å²) < 4.78 is 5.49. The lowest BCUT2D eigenvalue weighted by Gasteiger charge is -2.20. The predicted octanol–water partition coefficient (Wildman–Crippen LogP) is 3.58. The van der Waals surface area contributed by atoms with E-state index in [1.807, 2.05) is 12.3 Å². The first-order chi connectivity index (χ1) is 11.5. The quantitative estimate of drug-likeness (QED) is 0.620. The van der Waals surface area contributed by atoms with Crippen LogP contribution in [0.25, 0.3) is 0 Å². The molecule has 0 amide bonds. The Bertz CT molecular complexity index is 696. The minimum absolute atomic E-state index is 0.0793. The molecule has 6 heteroatoms. The van der Waals surface area contributed by atoms with Crippen molar-refractivity contribution in [1.29, 1.82) is 0 Å². The summed E-state index contributed by atoms with van der Waals surface area (Å²) in [5, 5.41) is 7.76. The third-order valence-electron chi connectivity index (χ3n) is 3.59. The summed E-state index contributed by atoms with van der Waals surface area (Å²) in [6.45, 7) is 9.69. The number of rotatable bonds is 6. The molecule has 0 radical (unpaired) electrons. The van der Waals surface area contributed by atoms with Crippen LogP contribution in [0, 0.1) is 13.8 Å². The molecule has 1 atom stereocenters. The second-order valence-corrected chi connectivity index (χ2v) is 6.99. The van der Waals surface area contributed by atoms with Crippen LogP contribution in [-0.4, -0.2) is 24.6 Å². The number of aliphatic imine (C=N–C) groups is 1. The van der Waals surface area contributed by atoms with E-state index in [1.165, 1.54) is 10.4 Å². The largest absolute Gasteiger partial charge is 0.496 e. The summed E-state index contributed by atoms with van der Waals surface area (Å²) >= 11 is 1.68. The Morgan fingerprint density at radius 1 is 1.38 bits per heavy atom. The van der Waals surface area contributed by atoms with E-state index in [1.54, 1.807) is 18.4 Å². The zero-order valence-electron chi connectivity index (χ0n) is 15.0. The number of guanidine groups is 1. The first-order valence-electron chi connectivity index (χ1n) is 8.14. The van der Waals surface area contributed by atoms with E-state index in [0.717, 1.165) is 28.8 Å². The van der Waals surface area contributed by atoms with E-state index < -0.39 is 0 Å². The predicted molar refractivity (Wildman–Crippen MR) is 101 cm³/mol. The number of benzene rings is 1. The van der Waals surface area contributed by atoms with Crippen molar-refractivity contribution in [3.63, 3.8) is 0 Å². The van der Waals surface area contributed by atoms with Crippen LogP contribution in [0.4, 0.5) is 0 Å². The fraction of sp³-hybridized carbons (Fsp3) is 0.444. The second-order valence-electron chi connectivity index (χ2n) is 5.67. The van der Waals surface area contributed by atoms with E-state index >= 15 is 0 Å². The zero-order chi connectivity index (χ0) is 17.5. The number of methoxy groups -OCH3 is 1. The van der Waals surface area contributed by atoms with Gasteiger partial charge in [0.2, 0.25) is 0 Å². The third-order valence-corrected chi connectivity index (χ3v) is 4.49. The van der Waals surface area contributed by atoms with Gasteiger partial charge in [0, 0.05) is 23.2 Å². The Hall–Kier alpha value is -2.08. The molecule has 0 saturated carbocycles. The lowest BCUT2D eigenvalue weighted by molar-refractivity contribution is 0.405. The van der Waals surface area contributed by atoms with Crippen LogP contribution >= 0.6 is 11.3 Å². The van der Waals surface area contributed by atoms with Gasteiger partial charge < -0.3 is 15.4 Å². The summed E-state index contributed by atoms with van der Waals surface area (Å²) in [4.78, 5) is 10.2. The molecule has 1 heterocycles. The number of hydrogen-bond acceptors (Lipinski definition) is 4. The van der Waals surface area contributed by atoms with Gasteiger partial charge in [0.1, 0.15) is 10.8 Å². The van der Waals surface area contributed by atoms with Gasteiger partial charge in [0.25, 0.3) is 0 Å². The van der Waals surface area contributed by atoms with Crippen LogP contribution < -0.4 is 15.4 Å². The molecule has 24 heavy (non-hydrogen) atoms. The summed E-state index contributed by atoms with van der Waals surface area (Å²) in [5.41, 5.74) is 2.33. The second kappa shape index (κ2) is 8.68. The van der Waals surface area contributed by atoms with E-state index in [2.05, 4.69) is 60.4 Å². The normalized spacial score (nSPS) is 12.8. The van der Waals surface area contributed by atoms with Gasteiger partial charge in [-0.3, -0.25) is 0 Å². The summed E-state index contributed by atoms with van der Waals surface area (Å²) in [6, 6.07) is 6.28. The monoisotopic (exact) mass is 346 g/mol. The minimum Gasteiger partial charge on any atom is -0.496 e. The first-order valence-corrected chi connectivity index (χ1v) is 8.95. The summed E-state index contributed by atoms with van der Waals surface area (Å²) in [6.07, 6.45) is 1.89. The highest BCUT2D eigenvalue weighted by atomic mass is 32.1. The van der Waals surface area contributed by atoms with Gasteiger partial charge in [-0.1, -0.05) is 17.7 Å². The average molecular weight is 347 g/mol. The topological polar surface area (TPSA) is 58.5 Å². The Labute approximate surface area is 148 Å². The Kier molecular flexibility index (Phi) is 6.61. The summed E-state index contributed by atoms with van der Waals surface area (Å²) in [5.74, 6) is 1.66. The maximum atomic E-state index is 5.49. The van der Waals surface area contributed by atoms with Crippen LogP contribution in [0.3, 0.4) is 0 Å². The summed E-state index contributed by atoms with van der Waals surface area (Å²) in [7, 11) is 1.70. The molecule has 2 rings (SSSR count). The van der Waals surface area contributed by atoms with Crippen LogP contribution in [-0.2, 0) is 6.54 Å². The molecule has 0 aliphatic carbocycles. The van der Waals surface area contributed by atoms with E-state index in [-0.39, 0.29) is 6.04 Å². The molecule has 1 aromatic carbocycles. The maximum absolute atomic E-state index is 5.49. The molecule has 0 bridgehead atoms. The highest BCUT2D eigenvalue weighted by molar-refractivity contribution is 7.11. The van der Waals surface area contributed by atoms with Crippen molar-refractivity contribution in [1.82, 2.24) is 15.6 Å². The number of thiazole rings is 1. The van der Waals surface area contributed by atoms with Crippen molar-refractivity contribution >= 4 is 17.3 Å². The maximum Gasteiger partial charge on any atom is 0.192 e. The number of nitrogens with one attached hydrogen (secondary N) is 2. The van der Waals surface area contributed by atoms with Crippen LogP contribution in [0.15, 0.2) is 29.4 Å². The van der Waals surface area contributed by atoms with Gasteiger partial charge in [-0.2, -0.15) is 0 Å². The molecular formula is C18H26N4OS. The SMILES string of the molecule is CCNC(=NCc1ncc(C)s1)NC(C)c1cc(C)ccc1OC. The van der Waals surface area contributed by atoms with Crippen LogP contribution in [0.1, 0.15) is 40.9 Å². The molecule has 0 aliphatic heterocycles. The highest BCUT2D eigenvalue weighted by Gasteiger charge is 2.13. The Morgan fingerprint density at radius 3 is 2.79 bits per heavy atom. The van der Waals surface area contributed by atoms with Crippen molar-refractivity contribution < 1.29 is 4.74 Å².